The molecule has 0 saturated carbocycles. The van der Waals surface area contributed by atoms with E-state index >= 15 is 0 Å². The van der Waals surface area contributed by atoms with Crippen molar-refractivity contribution in [2.24, 2.45) is 0 Å². The monoisotopic (exact) mass is 284 g/mol. The Morgan fingerprint density at radius 1 is 1.24 bits per heavy atom. The average Bonchev–Trinajstić information content (AvgIpc) is 2.50. The predicted molar refractivity (Wildman–Crippen MR) is 84.1 cm³/mol. The topological polar surface area (TPSA) is 75.4 Å². The number of nitrogens with two attached hydrogens (primary N) is 1. The first kappa shape index (κ1) is 15.1. The zero-order chi connectivity index (χ0) is 15.2. The van der Waals surface area contributed by atoms with Crippen LogP contribution in [0.2, 0.25) is 0 Å². The molecular formula is C17H20N2O2. The Morgan fingerprint density at radius 3 is 2.62 bits per heavy atom. The summed E-state index contributed by atoms with van der Waals surface area (Å²) in [5, 5.41) is 12.3. The molecule has 2 aromatic rings. The van der Waals surface area contributed by atoms with Gasteiger partial charge in [-0.25, -0.2) is 0 Å². The SMILES string of the molecule is Cc1ccc(N)c(C(=O)N[C@@H](CO)Cc2ccccc2)c1. The Bertz CT molecular complexity index is 611. The lowest BCUT2D eigenvalue weighted by atomic mass is 10.0. The van der Waals surface area contributed by atoms with Crippen LogP contribution in [-0.4, -0.2) is 23.7 Å². The van der Waals surface area contributed by atoms with E-state index in [1.807, 2.05) is 43.3 Å². The maximum absolute atomic E-state index is 12.3. The molecule has 0 aliphatic rings. The van der Waals surface area contributed by atoms with Gasteiger partial charge in [0.05, 0.1) is 18.2 Å². The van der Waals surface area contributed by atoms with Crippen molar-refractivity contribution in [2.75, 3.05) is 12.3 Å². The maximum atomic E-state index is 12.3. The highest BCUT2D eigenvalue weighted by molar-refractivity contribution is 5.99. The zero-order valence-electron chi connectivity index (χ0n) is 12.0. The second-order valence-electron chi connectivity index (χ2n) is 5.13. The van der Waals surface area contributed by atoms with Crippen LogP contribution in [0.4, 0.5) is 5.69 Å². The van der Waals surface area contributed by atoms with E-state index < -0.39 is 0 Å². The molecule has 2 aromatic carbocycles. The molecule has 0 unspecified atom stereocenters. The van der Waals surface area contributed by atoms with E-state index in [2.05, 4.69) is 5.32 Å². The number of benzene rings is 2. The van der Waals surface area contributed by atoms with E-state index in [1.165, 1.54) is 0 Å². The van der Waals surface area contributed by atoms with Crippen molar-refractivity contribution in [1.82, 2.24) is 5.32 Å². The van der Waals surface area contributed by atoms with Crippen molar-refractivity contribution < 1.29 is 9.90 Å². The van der Waals surface area contributed by atoms with Gasteiger partial charge in [-0.2, -0.15) is 0 Å². The highest BCUT2D eigenvalue weighted by atomic mass is 16.3. The smallest absolute Gasteiger partial charge is 0.253 e. The summed E-state index contributed by atoms with van der Waals surface area (Å²) in [4.78, 5) is 12.3. The first-order valence-electron chi connectivity index (χ1n) is 6.92. The number of rotatable bonds is 5. The Balaban J connectivity index is 2.07. The standard InChI is InChI=1S/C17H20N2O2/c1-12-7-8-16(18)15(9-12)17(21)19-14(11-20)10-13-5-3-2-4-6-13/h2-9,14,20H,10-11,18H2,1H3,(H,19,21)/t14-/m1/s1. The Hall–Kier alpha value is -2.33. The Labute approximate surface area is 124 Å². The number of hydrogen-bond acceptors (Lipinski definition) is 3. The van der Waals surface area contributed by atoms with Crippen LogP contribution in [0.25, 0.3) is 0 Å². The number of nitrogens with one attached hydrogen (secondary N) is 1. The van der Waals surface area contributed by atoms with Gasteiger partial charge in [-0.15, -0.1) is 0 Å². The molecule has 0 bridgehead atoms. The van der Waals surface area contributed by atoms with Gasteiger partial charge in [-0.05, 0) is 31.0 Å². The summed E-state index contributed by atoms with van der Waals surface area (Å²) in [7, 11) is 0. The molecule has 2 rings (SSSR count). The third kappa shape index (κ3) is 4.07. The minimum atomic E-state index is -0.334. The minimum absolute atomic E-state index is 0.119. The van der Waals surface area contributed by atoms with Gasteiger partial charge < -0.3 is 16.2 Å². The van der Waals surface area contributed by atoms with Gasteiger partial charge in [0.2, 0.25) is 0 Å². The van der Waals surface area contributed by atoms with Crippen LogP contribution in [-0.2, 0) is 6.42 Å². The van der Waals surface area contributed by atoms with Crippen LogP contribution in [0.5, 0.6) is 0 Å². The predicted octanol–water partition coefficient (Wildman–Crippen LogP) is 1.91. The first-order valence-corrected chi connectivity index (χ1v) is 6.92. The first-order chi connectivity index (χ1) is 10.1. The third-order valence-electron chi connectivity index (χ3n) is 3.33. The van der Waals surface area contributed by atoms with E-state index in [-0.39, 0.29) is 18.6 Å². The second kappa shape index (κ2) is 6.90. The molecule has 4 heteroatoms. The van der Waals surface area contributed by atoms with Crippen molar-refractivity contribution >= 4 is 11.6 Å². The number of anilines is 1. The molecular weight excluding hydrogens is 264 g/mol. The number of aryl methyl sites for hydroxylation is 1. The molecule has 0 radical (unpaired) electrons. The molecule has 0 heterocycles. The van der Waals surface area contributed by atoms with E-state index in [0.717, 1.165) is 11.1 Å². The average molecular weight is 284 g/mol. The van der Waals surface area contributed by atoms with E-state index in [0.29, 0.717) is 17.7 Å². The lowest BCUT2D eigenvalue weighted by Gasteiger charge is -2.17. The molecule has 110 valence electrons. The molecule has 0 aromatic heterocycles. The summed E-state index contributed by atoms with van der Waals surface area (Å²) in [6.07, 6.45) is 0.578. The van der Waals surface area contributed by atoms with Crippen LogP contribution in [0.15, 0.2) is 48.5 Å². The number of amides is 1. The van der Waals surface area contributed by atoms with E-state index in [1.54, 1.807) is 12.1 Å². The molecule has 4 N–H and O–H groups in total. The molecule has 1 atom stereocenters. The summed E-state index contributed by atoms with van der Waals surface area (Å²) >= 11 is 0. The lowest BCUT2D eigenvalue weighted by molar-refractivity contribution is 0.0917. The molecule has 0 aliphatic heterocycles. The fraction of sp³-hybridized carbons (Fsp3) is 0.235. The van der Waals surface area contributed by atoms with Gasteiger partial charge in [-0.1, -0.05) is 42.0 Å². The van der Waals surface area contributed by atoms with Gasteiger partial charge >= 0.3 is 0 Å². The highest BCUT2D eigenvalue weighted by Crippen LogP contribution is 2.14. The Kier molecular flexibility index (Phi) is 4.95. The van der Waals surface area contributed by atoms with Gasteiger partial charge in [-0.3, -0.25) is 4.79 Å². The fourth-order valence-corrected chi connectivity index (χ4v) is 2.19. The summed E-state index contributed by atoms with van der Waals surface area (Å²) < 4.78 is 0. The summed E-state index contributed by atoms with van der Waals surface area (Å²) in [6, 6.07) is 14.7. The van der Waals surface area contributed by atoms with Gasteiger partial charge in [0, 0.05) is 5.69 Å². The number of aliphatic hydroxyl groups is 1. The van der Waals surface area contributed by atoms with Crippen molar-refractivity contribution in [1.29, 1.82) is 0 Å². The van der Waals surface area contributed by atoms with E-state index in [4.69, 9.17) is 5.73 Å². The largest absolute Gasteiger partial charge is 0.398 e. The van der Waals surface area contributed by atoms with Crippen LogP contribution >= 0.6 is 0 Å². The number of carbonyl (C=O) groups excluding carboxylic acids is 1. The summed E-state index contributed by atoms with van der Waals surface area (Å²) in [5.41, 5.74) is 8.76. The van der Waals surface area contributed by atoms with Gasteiger partial charge in [0.1, 0.15) is 0 Å². The quantitative estimate of drug-likeness (QED) is 0.734. The number of nitrogen functional groups attached to an aromatic ring is 1. The molecule has 0 saturated heterocycles. The maximum Gasteiger partial charge on any atom is 0.253 e. The zero-order valence-corrected chi connectivity index (χ0v) is 12.0. The van der Waals surface area contributed by atoms with Crippen molar-refractivity contribution in [3.8, 4) is 0 Å². The van der Waals surface area contributed by atoms with Crippen LogP contribution in [0.1, 0.15) is 21.5 Å². The number of carbonyl (C=O) groups is 1. The third-order valence-corrected chi connectivity index (χ3v) is 3.33. The van der Waals surface area contributed by atoms with Gasteiger partial charge in [0.25, 0.3) is 5.91 Å². The van der Waals surface area contributed by atoms with Crippen LogP contribution < -0.4 is 11.1 Å². The lowest BCUT2D eigenvalue weighted by Crippen LogP contribution is -2.39. The molecule has 0 spiro atoms. The number of aliphatic hydroxyl groups excluding tert-OH is 1. The van der Waals surface area contributed by atoms with Crippen LogP contribution in [0.3, 0.4) is 0 Å². The highest BCUT2D eigenvalue weighted by Gasteiger charge is 2.15. The molecule has 1 amide bonds. The molecule has 0 aliphatic carbocycles. The fourth-order valence-electron chi connectivity index (χ4n) is 2.19. The van der Waals surface area contributed by atoms with E-state index in [9.17, 15) is 9.90 Å². The second-order valence-corrected chi connectivity index (χ2v) is 5.13. The normalized spacial score (nSPS) is 11.9. The van der Waals surface area contributed by atoms with Crippen molar-refractivity contribution in [3.05, 3.63) is 65.2 Å². The van der Waals surface area contributed by atoms with Crippen molar-refractivity contribution in [3.63, 3.8) is 0 Å². The van der Waals surface area contributed by atoms with Gasteiger partial charge in [0.15, 0.2) is 0 Å². The molecule has 4 nitrogen and oxygen atoms in total. The summed E-state index contributed by atoms with van der Waals surface area (Å²) in [6.45, 7) is 1.79. The van der Waals surface area contributed by atoms with Crippen molar-refractivity contribution in [2.45, 2.75) is 19.4 Å². The van der Waals surface area contributed by atoms with Crippen LogP contribution in [0, 0.1) is 6.92 Å². The summed E-state index contributed by atoms with van der Waals surface area (Å²) in [5.74, 6) is -0.258. The molecule has 0 fully saturated rings. The minimum Gasteiger partial charge on any atom is -0.398 e. The number of hydrogen-bond donors (Lipinski definition) is 3. The molecule has 21 heavy (non-hydrogen) atoms. The Morgan fingerprint density at radius 2 is 1.95 bits per heavy atom.